The van der Waals surface area contributed by atoms with Crippen molar-refractivity contribution < 1.29 is 0 Å². The second-order valence-corrected chi connectivity index (χ2v) is 17.6. The van der Waals surface area contributed by atoms with Crippen LogP contribution in [-0.2, 0) is 10.8 Å². The van der Waals surface area contributed by atoms with Gasteiger partial charge in [0.25, 0.3) is 0 Å². The molecule has 1 heteroatoms. The highest BCUT2D eigenvalue weighted by Gasteiger charge is 2.51. The van der Waals surface area contributed by atoms with E-state index in [1.54, 1.807) is 0 Å². The number of rotatable bonds is 4. The first-order chi connectivity index (χ1) is 30.0. The van der Waals surface area contributed by atoms with E-state index in [-0.39, 0.29) is 5.41 Å². The van der Waals surface area contributed by atoms with E-state index in [4.69, 9.17) is 0 Å². The number of fused-ring (bicyclic) bond motifs is 13. The molecule has 0 saturated carbocycles. The van der Waals surface area contributed by atoms with Crippen LogP contribution in [0.3, 0.4) is 0 Å². The average Bonchev–Trinajstić information content (AvgIpc) is 3.73. The summed E-state index contributed by atoms with van der Waals surface area (Å²) in [5, 5.41) is 5.05. The van der Waals surface area contributed by atoms with Gasteiger partial charge in [-0.15, -0.1) is 0 Å². The van der Waals surface area contributed by atoms with Gasteiger partial charge in [-0.1, -0.05) is 196 Å². The Bertz CT molecular complexity index is 3460. The minimum atomic E-state index is -0.594. The monoisotopic (exact) mass is 775 g/mol. The van der Waals surface area contributed by atoms with E-state index in [0.29, 0.717) is 0 Å². The molecule has 1 unspecified atom stereocenters. The van der Waals surface area contributed by atoms with Crippen molar-refractivity contribution in [2.75, 3.05) is 4.90 Å². The number of hydrogen-bond acceptors (Lipinski definition) is 1. The Kier molecular flexibility index (Phi) is 7.06. The first kappa shape index (κ1) is 34.4. The van der Waals surface area contributed by atoms with Gasteiger partial charge in [0.1, 0.15) is 0 Å². The number of nitrogens with zero attached hydrogens (tertiary/aromatic N) is 1. The molecule has 286 valence electrons. The van der Waals surface area contributed by atoms with Crippen LogP contribution in [0.1, 0.15) is 47.2 Å². The van der Waals surface area contributed by atoms with Crippen LogP contribution in [0.25, 0.3) is 66.1 Å². The normalized spacial score (nSPS) is 15.9. The van der Waals surface area contributed by atoms with Crippen molar-refractivity contribution in [1.82, 2.24) is 0 Å². The lowest BCUT2D eigenvalue weighted by Gasteiger charge is -2.41. The molecule has 13 rings (SSSR count). The van der Waals surface area contributed by atoms with Gasteiger partial charge in [-0.25, -0.2) is 0 Å². The van der Waals surface area contributed by atoms with E-state index in [2.05, 4.69) is 231 Å². The molecule has 1 nitrogen and oxygen atoms in total. The quantitative estimate of drug-likeness (QED) is 0.172. The second kappa shape index (κ2) is 12.5. The molecule has 1 spiro atoms. The third-order valence-corrected chi connectivity index (χ3v) is 14.2. The van der Waals surface area contributed by atoms with Crippen molar-refractivity contribution in [3.05, 3.63) is 246 Å². The van der Waals surface area contributed by atoms with E-state index in [9.17, 15) is 0 Å². The summed E-state index contributed by atoms with van der Waals surface area (Å²) in [7, 11) is 0. The van der Waals surface area contributed by atoms with Gasteiger partial charge in [0.15, 0.2) is 0 Å². The molecule has 10 aromatic rings. The van der Waals surface area contributed by atoms with Crippen molar-refractivity contribution in [3.8, 4) is 44.5 Å². The fourth-order valence-electron chi connectivity index (χ4n) is 11.7. The van der Waals surface area contributed by atoms with Crippen LogP contribution in [-0.4, -0.2) is 0 Å². The summed E-state index contributed by atoms with van der Waals surface area (Å²) < 4.78 is 0. The van der Waals surface area contributed by atoms with Crippen LogP contribution in [0.2, 0.25) is 0 Å². The molecule has 0 amide bonds. The fourth-order valence-corrected chi connectivity index (χ4v) is 11.7. The Balaban J connectivity index is 1.15. The summed E-state index contributed by atoms with van der Waals surface area (Å²) in [6, 6.07) is 80.0. The molecular formula is C60H41N. The van der Waals surface area contributed by atoms with Crippen molar-refractivity contribution in [2.45, 2.75) is 24.7 Å². The largest absolute Gasteiger partial charge is 0.310 e. The molecule has 0 fully saturated rings. The third kappa shape index (κ3) is 4.56. The van der Waals surface area contributed by atoms with Gasteiger partial charge in [0.05, 0.1) is 11.1 Å². The minimum Gasteiger partial charge on any atom is -0.310 e. The van der Waals surface area contributed by atoms with Gasteiger partial charge in [-0.2, -0.15) is 0 Å². The topological polar surface area (TPSA) is 3.24 Å². The Labute approximate surface area is 356 Å². The predicted octanol–water partition coefficient (Wildman–Crippen LogP) is 15.8. The van der Waals surface area contributed by atoms with Crippen LogP contribution < -0.4 is 4.90 Å². The van der Waals surface area contributed by atoms with Crippen molar-refractivity contribution in [3.63, 3.8) is 0 Å². The predicted molar refractivity (Wildman–Crippen MR) is 255 cm³/mol. The molecule has 0 saturated heterocycles. The number of anilines is 3. The molecule has 1 atom stereocenters. The van der Waals surface area contributed by atoms with Crippen LogP contribution in [0.4, 0.5) is 17.1 Å². The molecule has 3 aliphatic rings. The highest BCUT2D eigenvalue weighted by Crippen LogP contribution is 2.64. The first-order valence-electron chi connectivity index (χ1n) is 21.5. The molecule has 10 aromatic carbocycles. The van der Waals surface area contributed by atoms with Gasteiger partial charge in [-0.3, -0.25) is 0 Å². The van der Waals surface area contributed by atoms with E-state index in [0.717, 1.165) is 17.1 Å². The zero-order valence-corrected chi connectivity index (χ0v) is 34.2. The van der Waals surface area contributed by atoms with Crippen molar-refractivity contribution >= 4 is 38.6 Å². The standard InChI is InChI=1S/C60H41N/c1-59(2)51-26-11-8-22-45(51)48-34-31-41(36-54(48)59)61(56-29-15-19-38-18-6-7-21-43(38)56)42-32-35-49-46-23-9-12-27-52(46)60(55(49)37-42)53-28-13-10-24-47(53)50-25-14-20-40-30-33-44(58(60)57(40)50)39-16-4-3-5-17-39/h3-37H,1-2H3. The minimum absolute atomic E-state index is 0.137. The van der Waals surface area contributed by atoms with Gasteiger partial charge in [0.2, 0.25) is 0 Å². The number of hydrogen-bond donors (Lipinski definition) is 0. The maximum atomic E-state index is 2.54. The van der Waals surface area contributed by atoms with Crippen LogP contribution in [0.5, 0.6) is 0 Å². The summed E-state index contributed by atoms with van der Waals surface area (Å²) in [6.45, 7) is 4.76. The van der Waals surface area contributed by atoms with Crippen LogP contribution in [0.15, 0.2) is 212 Å². The van der Waals surface area contributed by atoms with Crippen molar-refractivity contribution in [1.29, 1.82) is 0 Å². The summed E-state index contributed by atoms with van der Waals surface area (Å²) >= 11 is 0. The maximum Gasteiger partial charge on any atom is 0.0732 e. The lowest BCUT2D eigenvalue weighted by molar-refractivity contribution is 0.660. The van der Waals surface area contributed by atoms with Crippen molar-refractivity contribution in [2.24, 2.45) is 0 Å². The smallest absolute Gasteiger partial charge is 0.0732 e. The van der Waals surface area contributed by atoms with E-state index in [1.165, 1.54) is 99.4 Å². The van der Waals surface area contributed by atoms with Gasteiger partial charge < -0.3 is 4.90 Å². The lowest BCUT2D eigenvalue weighted by Crippen LogP contribution is -2.32. The van der Waals surface area contributed by atoms with Gasteiger partial charge >= 0.3 is 0 Å². The maximum absolute atomic E-state index is 2.54. The van der Waals surface area contributed by atoms with E-state index in [1.807, 2.05) is 0 Å². The average molecular weight is 776 g/mol. The fraction of sp³-hybridized carbons (Fsp3) is 0.0667. The Hall–Kier alpha value is -7.48. The third-order valence-electron chi connectivity index (χ3n) is 14.2. The number of benzene rings is 10. The molecule has 0 bridgehead atoms. The molecule has 0 N–H and O–H groups in total. The molecule has 0 aliphatic heterocycles. The second-order valence-electron chi connectivity index (χ2n) is 17.6. The first-order valence-corrected chi connectivity index (χ1v) is 21.5. The van der Waals surface area contributed by atoms with E-state index < -0.39 is 5.41 Å². The van der Waals surface area contributed by atoms with Gasteiger partial charge in [0, 0.05) is 22.2 Å². The highest BCUT2D eigenvalue weighted by molar-refractivity contribution is 6.10. The molecule has 0 aromatic heterocycles. The summed E-state index contributed by atoms with van der Waals surface area (Å²) in [4.78, 5) is 2.53. The summed E-state index contributed by atoms with van der Waals surface area (Å²) in [5.74, 6) is 0. The molecule has 3 aliphatic carbocycles. The summed E-state index contributed by atoms with van der Waals surface area (Å²) in [5.41, 5.74) is 21.2. The molecule has 0 heterocycles. The highest BCUT2D eigenvalue weighted by atomic mass is 15.1. The Morgan fingerprint density at radius 3 is 1.61 bits per heavy atom. The van der Waals surface area contributed by atoms with Crippen LogP contribution >= 0.6 is 0 Å². The molecule has 61 heavy (non-hydrogen) atoms. The summed E-state index contributed by atoms with van der Waals surface area (Å²) in [6.07, 6.45) is 0. The zero-order valence-electron chi connectivity index (χ0n) is 34.2. The Morgan fingerprint density at radius 2 is 0.852 bits per heavy atom. The lowest BCUT2D eigenvalue weighted by atomic mass is 9.60. The molecular weight excluding hydrogens is 735 g/mol. The SMILES string of the molecule is CC1(C)c2ccccc2-c2ccc(N(c3ccc4c(c3)C3(c5ccccc5-4)c4ccccc4-c4cccc5ccc(-c6ccccc6)c3c45)c3cccc4ccccc34)cc21. The van der Waals surface area contributed by atoms with Gasteiger partial charge in [-0.05, 0) is 124 Å². The van der Waals surface area contributed by atoms with Crippen LogP contribution in [0, 0.1) is 0 Å². The Morgan fingerprint density at radius 1 is 0.344 bits per heavy atom. The van der Waals surface area contributed by atoms with E-state index >= 15 is 0 Å². The zero-order chi connectivity index (χ0) is 40.5. The molecule has 0 radical (unpaired) electrons.